The minimum absolute atomic E-state index is 0.121. The summed E-state index contributed by atoms with van der Waals surface area (Å²) in [5.74, 6) is -1.74. The summed E-state index contributed by atoms with van der Waals surface area (Å²) in [6.07, 6.45) is 0.121. The van der Waals surface area contributed by atoms with Gasteiger partial charge in [0.05, 0.1) is 18.3 Å². The molecule has 2 aromatic rings. The number of ether oxygens (including phenoxy) is 2. The van der Waals surface area contributed by atoms with Gasteiger partial charge in [-0.05, 0) is 43.7 Å². The number of esters is 1. The SMILES string of the molecule is CC(C)OCc1ccc(C(=O)OCC(=O)NNC(=O)c2ccccc2)cc1. The standard InChI is InChI=1S/C20H22N2O5/c1-14(2)26-12-15-8-10-17(11-9-15)20(25)27-13-18(23)21-22-19(24)16-6-4-3-5-7-16/h3-11,14H,12-13H2,1-2H3,(H,21,23)(H,22,24). The molecule has 0 aliphatic carbocycles. The fourth-order valence-electron chi connectivity index (χ4n) is 2.04. The Balaban J connectivity index is 1.74. The van der Waals surface area contributed by atoms with Crippen molar-refractivity contribution in [3.05, 3.63) is 71.3 Å². The summed E-state index contributed by atoms with van der Waals surface area (Å²) in [4.78, 5) is 35.5. The van der Waals surface area contributed by atoms with Gasteiger partial charge in [-0.1, -0.05) is 30.3 Å². The third kappa shape index (κ3) is 6.91. The van der Waals surface area contributed by atoms with Crippen LogP contribution in [0.3, 0.4) is 0 Å². The van der Waals surface area contributed by atoms with Crippen LogP contribution >= 0.6 is 0 Å². The van der Waals surface area contributed by atoms with Gasteiger partial charge in [-0.15, -0.1) is 0 Å². The van der Waals surface area contributed by atoms with Crippen molar-refractivity contribution in [1.29, 1.82) is 0 Å². The zero-order valence-corrected chi connectivity index (χ0v) is 15.2. The van der Waals surface area contributed by atoms with Gasteiger partial charge in [-0.2, -0.15) is 0 Å². The van der Waals surface area contributed by atoms with Crippen LogP contribution in [0.2, 0.25) is 0 Å². The Morgan fingerprint density at radius 3 is 2.19 bits per heavy atom. The predicted molar refractivity (Wildman–Crippen MR) is 98.7 cm³/mol. The van der Waals surface area contributed by atoms with Gasteiger partial charge in [0, 0.05) is 5.56 Å². The molecule has 0 fully saturated rings. The third-order valence-electron chi connectivity index (χ3n) is 3.46. The van der Waals surface area contributed by atoms with Crippen LogP contribution in [-0.4, -0.2) is 30.5 Å². The van der Waals surface area contributed by atoms with Gasteiger partial charge in [-0.3, -0.25) is 20.4 Å². The van der Waals surface area contributed by atoms with Crippen LogP contribution in [0.1, 0.15) is 40.1 Å². The Hall–Kier alpha value is -3.19. The van der Waals surface area contributed by atoms with Crippen molar-refractivity contribution in [2.45, 2.75) is 26.6 Å². The second kappa shape index (κ2) is 10.1. The molecule has 0 atom stereocenters. The molecule has 7 heteroatoms. The highest BCUT2D eigenvalue weighted by Gasteiger charge is 2.11. The van der Waals surface area contributed by atoms with Crippen LogP contribution in [0.25, 0.3) is 0 Å². The summed E-state index contributed by atoms with van der Waals surface area (Å²) in [5, 5.41) is 0. The Labute approximate surface area is 157 Å². The molecule has 0 aromatic heterocycles. The number of rotatable bonds is 7. The van der Waals surface area contributed by atoms with Gasteiger partial charge in [0.2, 0.25) is 0 Å². The Morgan fingerprint density at radius 1 is 0.889 bits per heavy atom. The van der Waals surface area contributed by atoms with Gasteiger partial charge in [0.1, 0.15) is 0 Å². The van der Waals surface area contributed by atoms with Crippen molar-refractivity contribution in [3.63, 3.8) is 0 Å². The summed E-state index contributed by atoms with van der Waals surface area (Å²) in [6.45, 7) is 3.83. The number of carbonyl (C=O) groups excluding carboxylic acids is 3. The molecule has 142 valence electrons. The van der Waals surface area contributed by atoms with Gasteiger partial charge in [0.25, 0.3) is 11.8 Å². The lowest BCUT2D eigenvalue weighted by atomic mass is 10.1. The largest absolute Gasteiger partial charge is 0.452 e. The van der Waals surface area contributed by atoms with E-state index in [0.717, 1.165) is 5.56 Å². The number of carbonyl (C=O) groups is 3. The number of benzene rings is 2. The maximum absolute atomic E-state index is 12.0. The monoisotopic (exact) mass is 370 g/mol. The maximum Gasteiger partial charge on any atom is 0.338 e. The molecule has 0 heterocycles. The van der Waals surface area contributed by atoms with Crippen LogP contribution < -0.4 is 10.9 Å². The first-order chi connectivity index (χ1) is 13.0. The highest BCUT2D eigenvalue weighted by molar-refractivity contribution is 5.96. The normalized spacial score (nSPS) is 10.3. The molecule has 2 N–H and O–H groups in total. The van der Waals surface area contributed by atoms with E-state index in [1.54, 1.807) is 54.6 Å². The Kier molecular flexibility index (Phi) is 7.51. The number of hydrazine groups is 1. The Morgan fingerprint density at radius 2 is 1.56 bits per heavy atom. The molecule has 0 unspecified atom stereocenters. The van der Waals surface area contributed by atoms with Crippen molar-refractivity contribution < 1.29 is 23.9 Å². The summed E-state index contributed by atoms with van der Waals surface area (Å²) in [6, 6.07) is 15.1. The summed E-state index contributed by atoms with van der Waals surface area (Å²) in [7, 11) is 0. The molecule has 0 aliphatic heterocycles. The molecular weight excluding hydrogens is 348 g/mol. The predicted octanol–water partition coefficient (Wildman–Crippen LogP) is 2.23. The van der Waals surface area contributed by atoms with E-state index in [2.05, 4.69) is 10.9 Å². The van der Waals surface area contributed by atoms with Crippen molar-refractivity contribution >= 4 is 17.8 Å². The van der Waals surface area contributed by atoms with Gasteiger partial charge < -0.3 is 9.47 Å². The quantitative estimate of drug-likeness (QED) is 0.576. The first-order valence-electron chi connectivity index (χ1n) is 8.47. The highest BCUT2D eigenvalue weighted by atomic mass is 16.5. The fourth-order valence-corrected chi connectivity index (χ4v) is 2.04. The van der Waals surface area contributed by atoms with Crippen molar-refractivity contribution in [1.82, 2.24) is 10.9 Å². The zero-order valence-electron chi connectivity index (χ0n) is 15.2. The smallest absolute Gasteiger partial charge is 0.338 e. The fraction of sp³-hybridized carbons (Fsp3) is 0.250. The van der Waals surface area contributed by atoms with Crippen LogP contribution in [0.4, 0.5) is 0 Å². The molecule has 0 bridgehead atoms. The zero-order chi connectivity index (χ0) is 19.6. The highest BCUT2D eigenvalue weighted by Crippen LogP contribution is 2.08. The summed E-state index contributed by atoms with van der Waals surface area (Å²) < 4.78 is 10.4. The second-order valence-corrected chi connectivity index (χ2v) is 6.00. The molecule has 0 radical (unpaired) electrons. The molecule has 0 saturated carbocycles. The lowest BCUT2D eigenvalue weighted by molar-refractivity contribution is -0.125. The first-order valence-corrected chi connectivity index (χ1v) is 8.47. The second-order valence-electron chi connectivity index (χ2n) is 6.00. The van der Waals surface area contributed by atoms with E-state index >= 15 is 0 Å². The third-order valence-corrected chi connectivity index (χ3v) is 3.46. The van der Waals surface area contributed by atoms with E-state index in [1.165, 1.54) is 0 Å². The molecule has 0 saturated heterocycles. The number of hydrogen-bond donors (Lipinski definition) is 2. The van der Waals surface area contributed by atoms with E-state index in [0.29, 0.717) is 17.7 Å². The van der Waals surface area contributed by atoms with Crippen molar-refractivity contribution in [3.8, 4) is 0 Å². The molecule has 2 amide bonds. The van der Waals surface area contributed by atoms with Crippen LogP contribution in [0, 0.1) is 0 Å². The van der Waals surface area contributed by atoms with E-state index < -0.39 is 24.4 Å². The lowest BCUT2D eigenvalue weighted by Crippen LogP contribution is -2.43. The average molecular weight is 370 g/mol. The summed E-state index contributed by atoms with van der Waals surface area (Å²) >= 11 is 0. The average Bonchev–Trinajstić information content (AvgIpc) is 2.69. The summed E-state index contributed by atoms with van der Waals surface area (Å²) in [5.41, 5.74) is 6.10. The van der Waals surface area contributed by atoms with E-state index in [1.807, 2.05) is 13.8 Å². The van der Waals surface area contributed by atoms with Crippen LogP contribution in [0.15, 0.2) is 54.6 Å². The van der Waals surface area contributed by atoms with Gasteiger partial charge in [-0.25, -0.2) is 4.79 Å². The molecule has 27 heavy (non-hydrogen) atoms. The van der Waals surface area contributed by atoms with Crippen molar-refractivity contribution in [2.24, 2.45) is 0 Å². The van der Waals surface area contributed by atoms with Crippen molar-refractivity contribution in [2.75, 3.05) is 6.61 Å². The van der Waals surface area contributed by atoms with Crippen LogP contribution in [0.5, 0.6) is 0 Å². The number of nitrogens with one attached hydrogen (secondary N) is 2. The topological polar surface area (TPSA) is 93.7 Å². The Bertz CT molecular complexity index is 773. The molecule has 0 aliphatic rings. The van der Waals surface area contributed by atoms with Crippen LogP contribution in [-0.2, 0) is 20.9 Å². The lowest BCUT2D eigenvalue weighted by Gasteiger charge is -2.09. The van der Waals surface area contributed by atoms with E-state index in [-0.39, 0.29) is 6.10 Å². The molecular formula is C20H22N2O5. The molecule has 0 spiro atoms. The van der Waals surface area contributed by atoms with Gasteiger partial charge >= 0.3 is 5.97 Å². The number of amides is 2. The maximum atomic E-state index is 12.0. The minimum Gasteiger partial charge on any atom is -0.452 e. The first kappa shape index (κ1) is 20.1. The molecule has 7 nitrogen and oxygen atoms in total. The minimum atomic E-state index is -0.644. The molecule has 2 rings (SSSR count). The van der Waals surface area contributed by atoms with E-state index in [4.69, 9.17) is 9.47 Å². The number of hydrogen-bond acceptors (Lipinski definition) is 5. The molecule has 2 aromatic carbocycles. The van der Waals surface area contributed by atoms with Gasteiger partial charge in [0.15, 0.2) is 6.61 Å². The van der Waals surface area contributed by atoms with E-state index in [9.17, 15) is 14.4 Å².